The molecule has 140 valence electrons. The van der Waals surface area contributed by atoms with Crippen LogP contribution in [-0.2, 0) is 9.59 Å². The predicted molar refractivity (Wildman–Crippen MR) is 107 cm³/mol. The second-order valence-electron chi connectivity index (χ2n) is 6.38. The highest BCUT2D eigenvalue weighted by Gasteiger charge is 2.48. The number of Topliss-reactive ketones (excluding diaryl/α,β-unsaturated/α-hetero) is 1. The van der Waals surface area contributed by atoms with Gasteiger partial charge in [0.1, 0.15) is 11.5 Å². The van der Waals surface area contributed by atoms with Gasteiger partial charge in [0.05, 0.1) is 11.6 Å². The molecular weight excluding hydrogens is 424 g/mol. The Morgan fingerprint density at radius 2 is 1.79 bits per heavy atom. The van der Waals surface area contributed by atoms with Crippen LogP contribution in [-0.4, -0.2) is 22.0 Å². The van der Waals surface area contributed by atoms with Crippen LogP contribution in [0.3, 0.4) is 0 Å². The summed E-state index contributed by atoms with van der Waals surface area (Å²) < 4.78 is 5.93. The number of hydrogen-bond donors (Lipinski definition) is 1. The number of hydrogen-bond acceptors (Lipinski definition) is 5. The van der Waals surface area contributed by atoms with Crippen molar-refractivity contribution in [3.8, 4) is 0 Å². The minimum atomic E-state index is -0.811. The van der Waals surface area contributed by atoms with Crippen molar-refractivity contribution in [2.24, 2.45) is 0 Å². The number of halogens is 1. The summed E-state index contributed by atoms with van der Waals surface area (Å²) in [5.41, 5.74) is 1.14. The highest BCUT2D eigenvalue weighted by atomic mass is 79.9. The predicted octanol–water partition coefficient (Wildman–Crippen LogP) is 4.37. The van der Waals surface area contributed by atoms with Crippen molar-refractivity contribution in [2.75, 3.05) is 4.90 Å². The molecule has 1 amide bonds. The van der Waals surface area contributed by atoms with Crippen molar-refractivity contribution < 1.29 is 19.2 Å². The van der Waals surface area contributed by atoms with Gasteiger partial charge in [-0.1, -0.05) is 63.6 Å². The average Bonchev–Trinajstić information content (AvgIpc) is 3.24. The molecule has 1 unspecified atom stereocenters. The maximum absolute atomic E-state index is 12.9. The summed E-state index contributed by atoms with van der Waals surface area (Å²) in [5.74, 6) is -1.03. The molecule has 4 rings (SSSR count). The SMILES string of the molecule is Cc1cc(N2C(=O)C(=O)C(=C(O)c3ccc(Br)cc3)C2c2ccccc2)no1. The molecule has 2 aromatic carbocycles. The summed E-state index contributed by atoms with van der Waals surface area (Å²) in [6.45, 7) is 1.70. The van der Waals surface area contributed by atoms with E-state index in [1.54, 1.807) is 49.4 Å². The third-order valence-electron chi connectivity index (χ3n) is 4.54. The number of rotatable bonds is 3. The number of aryl methyl sites for hydroxylation is 1. The Kier molecular flexibility index (Phi) is 4.60. The first-order chi connectivity index (χ1) is 13.5. The summed E-state index contributed by atoms with van der Waals surface area (Å²) >= 11 is 3.34. The van der Waals surface area contributed by atoms with E-state index in [-0.39, 0.29) is 17.2 Å². The van der Waals surface area contributed by atoms with E-state index in [0.29, 0.717) is 16.9 Å². The highest BCUT2D eigenvalue weighted by Crippen LogP contribution is 2.41. The summed E-state index contributed by atoms with van der Waals surface area (Å²) in [6.07, 6.45) is 0. The molecule has 1 saturated heterocycles. The molecule has 1 atom stereocenters. The number of carbonyl (C=O) groups is 2. The van der Waals surface area contributed by atoms with E-state index in [1.807, 2.05) is 18.2 Å². The number of amides is 1. The van der Waals surface area contributed by atoms with Crippen LogP contribution in [0.4, 0.5) is 5.82 Å². The molecule has 7 heteroatoms. The number of aromatic nitrogens is 1. The third-order valence-corrected chi connectivity index (χ3v) is 5.07. The molecule has 1 aromatic heterocycles. The Balaban J connectivity index is 1.93. The van der Waals surface area contributed by atoms with Crippen molar-refractivity contribution in [3.63, 3.8) is 0 Å². The Morgan fingerprint density at radius 3 is 2.39 bits per heavy atom. The first kappa shape index (κ1) is 18.2. The molecule has 6 nitrogen and oxygen atoms in total. The molecular formula is C21H15BrN2O4. The van der Waals surface area contributed by atoms with Gasteiger partial charge >= 0.3 is 5.91 Å². The van der Waals surface area contributed by atoms with E-state index in [2.05, 4.69) is 21.1 Å². The highest BCUT2D eigenvalue weighted by molar-refractivity contribution is 9.10. The van der Waals surface area contributed by atoms with Crippen LogP contribution in [0.5, 0.6) is 0 Å². The molecule has 1 N–H and O–H groups in total. The number of anilines is 1. The number of aliphatic hydroxyl groups is 1. The van der Waals surface area contributed by atoms with E-state index >= 15 is 0 Å². The van der Waals surface area contributed by atoms with Crippen LogP contribution < -0.4 is 4.90 Å². The number of benzene rings is 2. The van der Waals surface area contributed by atoms with E-state index < -0.39 is 17.7 Å². The molecule has 0 saturated carbocycles. The van der Waals surface area contributed by atoms with Gasteiger partial charge in [-0.25, -0.2) is 0 Å². The van der Waals surface area contributed by atoms with Gasteiger partial charge in [-0.15, -0.1) is 0 Å². The minimum absolute atomic E-state index is 0.0131. The van der Waals surface area contributed by atoms with Crippen molar-refractivity contribution in [2.45, 2.75) is 13.0 Å². The molecule has 0 spiro atoms. The number of nitrogens with zero attached hydrogens (tertiary/aromatic N) is 2. The fraction of sp³-hybridized carbons (Fsp3) is 0.0952. The Bertz CT molecular complexity index is 1090. The monoisotopic (exact) mass is 438 g/mol. The Hall–Kier alpha value is -3.19. The topological polar surface area (TPSA) is 83.6 Å². The van der Waals surface area contributed by atoms with Gasteiger partial charge < -0.3 is 9.63 Å². The lowest BCUT2D eigenvalue weighted by Gasteiger charge is -2.22. The van der Waals surface area contributed by atoms with Crippen LogP contribution >= 0.6 is 15.9 Å². The molecule has 1 aliphatic heterocycles. The number of ketones is 1. The smallest absolute Gasteiger partial charge is 0.301 e. The van der Waals surface area contributed by atoms with Crippen LogP contribution in [0.1, 0.15) is 22.9 Å². The molecule has 0 aliphatic carbocycles. The van der Waals surface area contributed by atoms with Crippen LogP contribution in [0, 0.1) is 6.92 Å². The van der Waals surface area contributed by atoms with Gasteiger partial charge in [0.25, 0.3) is 5.78 Å². The summed E-state index contributed by atoms with van der Waals surface area (Å²) in [4.78, 5) is 27.0. The standard InChI is InChI=1S/C21H15BrN2O4/c1-12-11-16(23-28-12)24-18(13-5-3-2-4-6-13)17(20(26)21(24)27)19(25)14-7-9-15(22)10-8-14/h2-11,18,25H,1H3. The van der Waals surface area contributed by atoms with Crippen LogP contribution in [0.15, 0.2) is 75.2 Å². The quantitative estimate of drug-likeness (QED) is 0.372. The zero-order valence-electron chi connectivity index (χ0n) is 14.8. The molecule has 0 radical (unpaired) electrons. The fourth-order valence-corrected chi connectivity index (χ4v) is 3.51. The van der Waals surface area contributed by atoms with Gasteiger partial charge in [0, 0.05) is 16.1 Å². The Morgan fingerprint density at radius 1 is 1.11 bits per heavy atom. The summed E-state index contributed by atoms with van der Waals surface area (Å²) in [6, 6.07) is 16.7. The lowest BCUT2D eigenvalue weighted by atomic mass is 9.95. The third kappa shape index (κ3) is 3.03. The summed E-state index contributed by atoms with van der Waals surface area (Å²) in [7, 11) is 0. The molecule has 2 heterocycles. The maximum atomic E-state index is 12.9. The van der Waals surface area contributed by atoms with Crippen molar-refractivity contribution in [1.29, 1.82) is 0 Å². The number of carbonyl (C=O) groups excluding carboxylic acids is 2. The maximum Gasteiger partial charge on any atom is 0.301 e. The molecule has 3 aromatic rings. The average molecular weight is 439 g/mol. The molecule has 1 aliphatic rings. The lowest BCUT2D eigenvalue weighted by molar-refractivity contribution is -0.132. The van der Waals surface area contributed by atoms with E-state index in [1.165, 1.54) is 4.90 Å². The minimum Gasteiger partial charge on any atom is -0.507 e. The van der Waals surface area contributed by atoms with E-state index in [0.717, 1.165) is 4.47 Å². The zero-order valence-corrected chi connectivity index (χ0v) is 16.4. The van der Waals surface area contributed by atoms with Gasteiger partial charge in [-0.3, -0.25) is 14.5 Å². The summed E-state index contributed by atoms with van der Waals surface area (Å²) in [5, 5.41) is 14.8. The van der Waals surface area contributed by atoms with Crippen molar-refractivity contribution in [3.05, 3.63) is 87.6 Å². The number of aliphatic hydroxyl groups excluding tert-OH is 1. The van der Waals surface area contributed by atoms with Gasteiger partial charge in [-0.05, 0) is 24.6 Å². The zero-order chi connectivity index (χ0) is 19.8. The normalized spacial score (nSPS) is 18.6. The Labute approximate surface area is 169 Å². The van der Waals surface area contributed by atoms with Gasteiger partial charge in [0.2, 0.25) is 0 Å². The van der Waals surface area contributed by atoms with E-state index in [4.69, 9.17) is 4.52 Å². The first-order valence-corrected chi connectivity index (χ1v) is 9.32. The second kappa shape index (κ2) is 7.09. The van der Waals surface area contributed by atoms with E-state index in [9.17, 15) is 14.7 Å². The lowest BCUT2D eigenvalue weighted by Crippen LogP contribution is -2.29. The second-order valence-corrected chi connectivity index (χ2v) is 7.30. The fourth-order valence-electron chi connectivity index (χ4n) is 3.25. The van der Waals surface area contributed by atoms with Crippen molar-refractivity contribution >= 4 is 39.2 Å². The van der Waals surface area contributed by atoms with Crippen LogP contribution in [0.2, 0.25) is 0 Å². The molecule has 0 bridgehead atoms. The molecule has 1 fully saturated rings. The largest absolute Gasteiger partial charge is 0.507 e. The van der Waals surface area contributed by atoms with Gasteiger partial charge in [-0.2, -0.15) is 0 Å². The first-order valence-electron chi connectivity index (χ1n) is 8.52. The molecule has 28 heavy (non-hydrogen) atoms. The van der Waals surface area contributed by atoms with Crippen molar-refractivity contribution in [1.82, 2.24) is 5.16 Å². The van der Waals surface area contributed by atoms with Crippen LogP contribution in [0.25, 0.3) is 5.76 Å². The van der Waals surface area contributed by atoms with Gasteiger partial charge in [0.15, 0.2) is 5.82 Å².